The molecule has 0 aliphatic rings. The van der Waals surface area contributed by atoms with E-state index in [1.54, 1.807) is 0 Å². The molecular formula is C54H108NO7P. The number of carbonyl (C=O) groups is 1. The summed E-state index contributed by atoms with van der Waals surface area (Å²) in [4.78, 5) is 25.2. The van der Waals surface area contributed by atoms with Gasteiger partial charge < -0.3 is 27.9 Å². The van der Waals surface area contributed by atoms with Crippen LogP contribution in [0.5, 0.6) is 0 Å². The highest BCUT2D eigenvalue weighted by molar-refractivity contribution is 7.45. The molecule has 63 heavy (non-hydrogen) atoms. The topological polar surface area (TPSA) is 94.1 Å². The van der Waals surface area contributed by atoms with Crippen molar-refractivity contribution < 1.29 is 37.3 Å². The lowest BCUT2D eigenvalue weighted by atomic mass is 10.0. The normalized spacial score (nSPS) is 13.6. The molecule has 0 spiro atoms. The quantitative estimate of drug-likeness (QED) is 0.0197. The van der Waals surface area contributed by atoms with Crippen molar-refractivity contribution >= 4 is 13.8 Å². The molecule has 0 aliphatic carbocycles. The average molecular weight is 914 g/mol. The summed E-state index contributed by atoms with van der Waals surface area (Å²) in [5, 5.41) is 0. The van der Waals surface area contributed by atoms with E-state index in [0.717, 1.165) is 32.1 Å². The number of carbonyl (C=O) groups excluding carboxylic acids is 1. The fourth-order valence-corrected chi connectivity index (χ4v) is 8.80. The highest BCUT2D eigenvalue weighted by atomic mass is 31.2. The maximum atomic E-state index is 12.8. The van der Waals surface area contributed by atoms with Crippen molar-refractivity contribution in [1.29, 1.82) is 0 Å². The fraction of sp³-hybridized carbons (Fsp3) is 0.944. The third kappa shape index (κ3) is 52.1. The number of phosphoric ester groups is 1. The number of allylic oxidation sites excluding steroid dienone is 2. The summed E-state index contributed by atoms with van der Waals surface area (Å²) < 4.78 is 34.8. The van der Waals surface area contributed by atoms with E-state index in [2.05, 4.69) is 26.0 Å². The third-order valence-electron chi connectivity index (χ3n) is 12.3. The number of hydrogen-bond acceptors (Lipinski definition) is 7. The van der Waals surface area contributed by atoms with Crippen molar-refractivity contribution in [1.82, 2.24) is 0 Å². The van der Waals surface area contributed by atoms with Gasteiger partial charge in [-0.3, -0.25) is 9.36 Å². The molecule has 0 amide bonds. The molecule has 0 radical (unpaired) electrons. The molecule has 8 nitrogen and oxygen atoms in total. The van der Waals surface area contributed by atoms with Crippen molar-refractivity contribution in [3.8, 4) is 0 Å². The number of nitrogens with zero attached hydrogens (tertiary/aromatic N) is 1. The molecule has 0 aromatic heterocycles. The first-order chi connectivity index (χ1) is 30.6. The predicted octanol–water partition coefficient (Wildman–Crippen LogP) is 16.3. The van der Waals surface area contributed by atoms with Crippen LogP contribution < -0.4 is 4.89 Å². The summed E-state index contributed by atoms with van der Waals surface area (Å²) in [6, 6.07) is 0. The van der Waals surface area contributed by atoms with Crippen LogP contribution in [0.1, 0.15) is 271 Å². The number of unbranched alkanes of at least 4 members (excludes halogenated alkanes) is 36. The smallest absolute Gasteiger partial charge is 0.306 e. The van der Waals surface area contributed by atoms with Gasteiger partial charge in [-0.25, -0.2) is 0 Å². The molecule has 0 saturated carbocycles. The van der Waals surface area contributed by atoms with Gasteiger partial charge in [-0.05, 0) is 38.5 Å². The molecule has 0 aromatic rings. The van der Waals surface area contributed by atoms with Gasteiger partial charge in [-0.15, -0.1) is 0 Å². The SMILES string of the molecule is CCCCCCCC/C=C\CCCCCCCCOCC(COP(=O)([O-])OCC[N+](C)(C)C)OC(=O)CCCCCCCCCCCCCCCCCCCCCCCCCCC. The Labute approximate surface area is 392 Å². The standard InChI is InChI=1S/C54H108NO7P/c1-6-8-10-12-14-16-18-20-22-24-25-26-27-28-29-30-31-32-33-35-37-39-41-43-45-47-54(56)62-53(52-61-63(57,58)60-50-48-55(3,4)5)51-59-49-46-44-42-40-38-36-34-23-21-19-17-15-13-11-9-7-2/h21,23,53H,6-20,22,24-52H2,1-5H3/b23-21-. The van der Waals surface area contributed by atoms with Crippen LogP contribution in [0.2, 0.25) is 0 Å². The van der Waals surface area contributed by atoms with Crippen molar-refractivity contribution in [2.75, 3.05) is 54.1 Å². The number of esters is 1. The van der Waals surface area contributed by atoms with E-state index in [4.69, 9.17) is 18.5 Å². The number of rotatable bonds is 52. The van der Waals surface area contributed by atoms with Crippen LogP contribution in [0.4, 0.5) is 0 Å². The first kappa shape index (κ1) is 62.2. The van der Waals surface area contributed by atoms with Gasteiger partial charge in [-0.1, -0.05) is 238 Å². The van der Waals surface area contributed by atoms with Crippen molar-refractivity contribution in [3.05, 3.63) is 12.2 Å². The Morgan fingerprint density at radius 2 is 0.825 bits per heavy atom. The average Bonchev–Trinajstić information content (AvgIpc) is 3.24. The zero-order chi connectivity index (χ0) is 46.2. The summed E-state index contributed by atoms with van der Waals surface area (Å²) in [7, 11) is 1.37. The second kappa shape index (κ2) is 47.7. The number of ether oxygens (including phenoxy) is 2. The molecule has 0 rings (SSSR count). The van der Waals surface area contributed by atoms with E-state index in [1.807, 2.05) is 21.1 Å². The molecule has 2 atom stereocenters. The largest absolute Gasteiger partial charge is 0.756 e. The van der Waals surface area contributed by atoms with Gasteiger partial charge in [0.05, 0.1) is 34.4 Å². The van der Waals surface area contributed by atoms with Crippen LogP contribution in [0, 0.1) is 0 Å². The van der Waals surface area contributed by atoms with Crippen LogP contribution in [0.25, 0.3) is 0 Å². The van der Waals surface area contributed by atoms with Gasteiger partial charge >= 0.3 is 5.97 Å². The Kier molecular flexibility index (Phi) is 47.1. The van der Waals surface area contributed by atoms with Crippen LogP contribution in [-0.4, -0.2) is 70.7 Å². The molecule has 9 heteroatoms. The van der Waals surface area contributed by atoms with Crippen molar-refractivity contribution in [2.24, 2.45) is 0 Å². The molecule has 0 heterocycles. The van der Waals surface area contributed by atoms with E-state index in [9.17, 15) is 14.3 Å². The Bertz CT molecular complexity index is 1020. The van der Waals surface area contributed by atoms with Gasteiger partial charge in [0.15, 0.2) is 0 Å². The second-order valence-electron chi connectivity index (χ2n) is 20.0. The monoisotopic (exact) mass is 914 g/mol. The minimum absolute atomic E-state index is 0.0285. The Morgan fingerprint density at radius 3 is 1.21 bits per heavy atom. The van der Waals surface area contributed by atoms with E-state index in [-0.39, 0.29) is 25.8 Å². The van der Waals surface area contributed by atoms with Crippen molar-refractivity contribution in [3.63, 3.8) is 0 Å². The molecule has 2 unspecified atom stereocenters. The lowest BCUT2D eigenvalue weighted by Crippen LogP contribution is -2.37. The Hall–Kier alpha value is -0.760. The summed E-state index contributed by atoms with van der Waals surface area (Å²) in [5.74, 6) is -0.328. The van der Waals surface area contributed by atoms with Gasteiger partial charge in [0.2, 0.25) is 0 Å². The fourth-order valence-electron chi connectivity index (χ4n) is 8.07. The highest BCUT2D eigenvalue weighted by Gasteiger charge is 2.20. The van der Waals surface area contributed by atoms with Crippen LogP contribution in [-0.2, 0) is 27.9 Å². The number of hydrogen-bond donors (Lipinski definition) is 0. The summed E-state index contributed by atoms with van der Waals surface area (Å²) in [5.41, 5.74) is 0. The van der Waals surface area contributed by atoms with Crippen LogP contribution >= 0.6 is 7.82 Å². The Balaban J connectivity index is 4.02. The van der Waals surface area contributed by atoms with Gasteiger partial charge in [0.25, 0.3) is 7.82 Å². The zero-order valence-electron chi connectivity index (χ0n) is 42.8. The molecular weight excluding hydrogens is 806 g/mol. The zero-order valence-corrected chi connectivity index (χ0v) is 43.7. The Morgan fingerprint density at radius 1 is 0.476 bits per heavy atom. The highest BCUT2D eigenvalue weighted by Crippen LogP contribution is 2.38. The summed E-state index contributed by atoms with van der Waals surface area (Å²) in [6.45, 7) is 5.46. The second-order valence-corrected chi connectivity index (χ2v) is 21.4. The molecule has 0 aromatic carbocycles. The number of likely N-dealkylation sites (N-methyl/N-ethyl adjacent to an activating group) is 1. The molecule has 0 N–H and O–H groups in total. The number of quaternary nitrogens is 1. The summed E-state index contributed by atoms with van der Waals surface area (Å²) in [6.07, 6.45) is 55.3. The maximum Gasteiger partial charge on any atom is 0.306 e. The van der Waals surface area contributed by atoms with Crippen molar-refractivity contribution in [2.45, 2.75) is 277 Å². The van der Waals surface area contributed by atoms with E-state index < -0.39 is 13.9 Å². The predicted molar refractivity (Wildman–Crippen MR) is 268 cm³/mol. The molecule has 376 valence electrons. The first-order valence-corrected chi connectivity index (χ1v) is 28.9. The van der Waals surface area contributed by atoms with Crippen LogP contribution in [0.15, 0.2) is 12.2 Å². The van der Waals surface area contributed by atoms with Gasteiger partial charge in [0.1, 0.15) is 19.3 Å². The van der Waals surface area contributed by atoms with E-state index in [1.165, 1.54) is 218 Å². The minimum atomic E-state index is -4.53. The van der Waals surface area contributed by atoms with Crippen LogP contribution in [0.3, 0.4) is 0 Å². The molecule has 0 fully saturated rings. The summed E-state index contributed by atoms with van der Waals surface area (Å²) >= 11 is 0. The third-order valence-corrected chi connectivity index (χ3v) is 13.3. The lowest BCUT2D eigenvalue weighted by Gasteiger charge is -2.28. The first-order valence-electron chi connectivity index (χ1n) is 27.4. The van der Waals surface area contributed by atoms with E-state index in [0.29, 0.717) is 24.1 Å². The molecule has 0 saturated heterocycles. The molecule has 0 bridgehead atoms. The van der Waals surface area contributed by atoms with Gasteiger partial charge in [0, 0.05) is 13.0 Å². The maximum absolute atomic E-state index is 12.8. The van der Waals surface area contributed by atoms with Gasteiger partial charge in [-0.2, -0.15) is 0 Å². The number of phosphoric acid groups is 1. The van der Waals surface area contributed by atoms with E-state index >= 15 is 0 Å². The molecule has 0 aliphatic heterocycles. The minimum Gasteiger partial charge on any atom is -0.756 e. The lowest BCUT2D eigenvalue weighted by molar-refractivity contribution is -0.870.